The maximum absolute atomic E-state index is 11.6. The van der Waals surface area contributed by atoms with E-state index in [0.29, 0.717) is 11.0 Å². The van der Waals surface area contributed by atoms with Crippen molar-refractivity contribution in [1.29, 1.82) is 0 Å². The van der Waals surface area contributed by atoms with Gasteiger partial charge in [0.25, 0.3) is 5.56 Å². The first-order valence-corrected chi connectivity index (χ1v) is 4.57. The molecule has 0 spiro atoms. The highest BCUT2D eigenvalue weighted by molar-refractivity contribution is 5.80. The van der Waals surface area contributed by atoms with Crippen molar-refractivity contribution in [1.82, 2.24) is 14.4 Å². The summed E-state index contributed by atoms with van der Waals surface area (Å²) in [4.78, 5) is 19.6. The molecule has 0 saturated heterocycles. The molecule has 2 aromatic heterocycles. The molecule has 0 aliphatic carbocycles. The van der Waals surface area contributed by atoms with Crippen LogP contribution in [-0.2, 0) is 0 Å². The maximum atomic E-state index is 11.6. The zero-order valence-electron chi connectivity index (χ0n) is 7.79. The minimum Gasteiger partial charge on any atom is -0.284 e. The van der Waals surface area contributed by atoms with Crippen molar-refractivity contribution in [3.05, 3.63) is 53.2 Å². The van der Waals surface area contributed by atoms with E-state index < -0.39 is 0 Å². The van der Waals surface area contributed by atoms with Crippen LogP contribution in [0.2, 0.25) is 0 Å². The Labute approximate surface area is 84.8 Å². The molecule has 3 rings (SSSR count). The van der Waals surface area contributed by atoms with Crippen LogP contribution in [0, 0.1) is 0 Å². The van der Waals surface area contributed by atoms with Crippen LogP contribution in [0.15, 0.2) is 47.7 Å². The van der Waals surface area contributed by atoms with Gasteiger partial charge in [-0.2, -0.15) is 4.98 Å². The van der Waals surface area contributed by atoms with E-state index in [-0.39, 0.29) is 5.56 Å². The average Bonchev–Trinajstić information content (AvgIpc) is 2.30. The number of fused-ring (bicyclic) bond motifs is 3. The number of rotatable bonds is 0. The molecule has 0 N–H and O–H groups in total. The Bertz CT molecular complexity index is 703. The molecule has 2 heterocycles. The molecule has 1 aromatic carbocycles. The van der Waals surface area contributed by atoms with E-state index in [1.807, 2.05) is 18.2 Å². The van der Waals surface area contributed by atoms with Crippen molar-refractivity contribution in [3.63, 3.8) is 0 Å². The normalized spacial score (nSPS) is 10.9. The van der Waals surface area contributed by atoms with E-state index in [9.17, 15) is 4.79 Å². The van der Waals surface area contributed by atoms with Gasteiger partial charge in [-0.15, -0.1) is 0 Å². The van der Waals surface area contributed by atoms with Gasteiger partial charge in [-0.1, -0.05) is 12.1 Å². The largest absolute Gasteiger partial charge is 0.284 e. The van der Waals surface area contributed by atoms with Gasteiger partial charge in [0.05, 0.1) is 10.9 Å². The molecule has 0 aliphatic rings. The Hall–Kier alpha value is -2.23. The molecule has 0 atom stereocenters. The van der Waals surface area contributed by atoms with Crippen molar-refractivity contribution in [2.24, 2.45) is 0 Å². The van der Waals surface area contributed by atoms with Crippen molar-refractivity contribution < 1.29 is 0 Å². The first-order chi connectivity index (χ1) is 7.36. The summed E-state index contributed by atoms with van der Waals surface area (Å²) in [5.41, 5.74) is 1.26. The summed E-state index contributed by atoms with van der Waals surface area (Å²) in [5.74, 6) is 0. The van der Waals surface area contributed by atoms with Crippen LogP contribution in [0.4, 0.5) is 0 Å². The van der Waals surface area contributed by atoms with Crippen molar-refractivity contribution in [3.8, 4) is 0 Å². The zero-order valence-corrected chi connectivity index (χ0v) is 7.79. The molecular weight excluding hydrogens is 190 g/mol. The second-order valence-electron chi connectivity index (χ2n) is 3.24. The first-order valence-electron chi connectivity index (χ1n) is 4.57. The van der Waals surface area contributed by atoms with Gasteiger partial charge in [-0.3, -0.25) is 9.20 Å². The van der Waals surface area contributed by atoms with Gasteiger partial charge < -0.3 is 0 Å². The van der Waals surface area contributed by atoms with E-state index in [0.717, 1.165) is 5.52 Å². The molecule has 0 fully saturated rings. The number of nitrogens with zero attached hydrogens (tertiary/aromatic N) is 3. The molecule has 3 aromatic rings. The summed E-state index contributed by atoms with van der Waals surface area (Å²) in [7, 11) is 0. The lowest BCUT2D eigenvalue weighted by atomic mass is 10.2. The Morgan fingerprint density at radius 2 is 2.00 bits per heavy atom. The van der Waals surface area contributed by atoms with Crippen LogP contribution in [0.5, 0.6) is 0 Å². The molecule has 4 nitrogen and oxygen atoms in total. The fraction of sp³-hybridized carbons (Fsp3) is 0. The van der Waals surface area contributed by atoms with Crippen LogP contribution < -0.4 is 5.56 Å². The summed E-state index contributed by atoms with van der Waals surface area (Å²) in [6.07, 6.45) is 3.28. The molecule has 0 bridgehead atoms. The smallest absolute Gasteiger partial charge is 0.281 e. The molecule has 0 radical (unpaired) electrons. The van der Waals surface area contributed by atoms with Crippen LogP contribution in [-0.4, -0.2) is 14.4 Å². The fourth-order valence-corrected chi connectivity index (χ4v) is 1.66. The number of hydrogen-bond donors (Lipinski definition) is 0. The minimum atomic E-state index is -0.197. The van der Waals surface area contributed by atoms with E-state index >= 15 is 0 Å². The van der Waals surface area contributed by atoms with Crippen molar-refractivity contribution >= 4 is 16.6 Å². The number of para-hydroxylation sites is 1. The minimum absolute atomic E-state index is 0.197. The lowest BCUT2D eigenvalue weighted by Gasteiger charge is -2.03. The van der Waals surface area contributed by atoms with Crippen molar-refractivity contribution in [2.45, 2.75) is 0 Å². The summed E-state index contributed by atoms with van der Waals surface area (Å²) in [6, 6.07) is 9.08. The lowest BCUT2D eigenvalue weighted by molar-refractivity contribution is 1.06. The van der Waals surface area contributed by atoms with Gasteiger partial charge in [0.1, 0.15) is 12.0 Å². The third-order valence-corrected chi connectivity index (χ3v) is 2.35. The Balaban J connectivity index is 2.70. The van der Waals surface area contributed by atoms with Gasteiger partial charge in [0.15, 0.2) is 0 Å². The van der Waals surface area contributed by atoms with E-state index in [1.165, 1.54) is 0 Å². The van der Waals surface area contributed by atoms with Crippen LogP contribution in [0.3, 0.4) is 0 Å². The van der Waals surface area contributed by atoms with Crippen LogP contribution in [0.1, 0.15) is 0 Å². The van der Waals surface area contributed by atoms with E-state index in [4.69, 9.17) is 0 Å². The second kappa shape index (κ2) is 2.88. The third-order valence-electron chi connectivity index (χ3n) is 2.35. The van der Waals surface area contributed by atoms with Crippen LogP contribution >= 0.6 is 0 Å². The zero-order chi connectivity index (χ0) is 10.3. The molecule has 0 saturated carbocycles. The highest BCUT2D eigenvalue weighted by atomic mass is 16.1. The average molecular weight is 197 g/mol. The monoisotopic (exact) mass is 197 g/mol. The van der Waals surface area contributed by atoms with Crippen LogP contribution in [0.25, 0.3) is 16.6 Å². The second-order valence-corrected chi connectivity index (χ2v) is 3.24. The Kier molecular flexibility index (Phi) is 1.56. The SMILES string of the molecule is O=c1nc2ccncn2c2ccccc12. The van der Waals surface area contributed by atoms with E-state index in [1.54, 1.807) is 29.1 Å². The maximum Gasteiger partial charge on any atom is 0.281 e. The lowest BCUT2D eigenvalue weighted by Crippen LogP contribution is -2.10. The van der Waals surface area contributed by atoms with Crippen molar-refractivity contribution in [2.75, 3.05) is 0 Å². The predicted molar refractivity (Wildman–Crippen MR) is 56.8 cm³/mol. The number of benzene rings is 1. The molecule has 0 unspecified atom stereocenters. The molecule has 0 aliphatic heterocycles. The summed E-state index contributed by atoms with van der Waals surface area (Å²) in [6.45, 7) is 0. The van der Waals surface area contributed by atoms with Gasteiger partial charge in [0, 0.05) is 6.20 Å². The molecule has 15 heavy (non-hydrogen) atoms. The standard InChI is InChI=1S/C11H7N3O/c15-11-8-3-1-2-4-9(8)14-7-12-6-5-10(14)13-11/h1-7H. The summed E-state index contributed by atoms with van der Waals surface area (Å²) >= 11 is 0. The quantitative estimate of drug-likeness (QED) is 0.509. The van der Waals surface area contributed by atoms with Gasteiger partial charge in [-0.05, 0) is 18.2 Å². The molecule has 0 amide bonds. The Morgan fingerprint density at radius 3 is 2.93 bits per heavy atom. The van der Waals surface area contributed by atoms with Gasteiger partial charge >= 0.3 is 0 Å². The predicted octanol–water partition coefficient (Wildman–Crippen LogP) is 1.24. The van der Waals surface area contributed by atoms with Gasteiger partial charge in [-0.25, -0.2) is 4.98 Å². The highest BCUT2D eigenvalue weighted by Gasteiger charge is 2.02. The topological polar surface area (TPSA) is 47.3 Å². The summed E-state index contributed by atoms with van der Waals surface area (Å²) < 4.78 is 1.80. The van der Waals surface area contributed by atoms with Gasteiger partial charge in [0.2, 0.25) is 0 Å². The fourth-order valence-electron chi connectivity index (χ4n) is 1.66. The molecular formula is C11H7N3O. The molecule has 72 valence electrons. The molecule has 4 heteroatoms. The summed E-state index contributed by atoms with van der Waals surface area (Å²) in [5, 5.41) is 0.614. The Morgan fingerprint density at radius 1 is 1.13 bits per heavy atom. The first kappa shape index (κ1) is 8.11. The van der Waals surface area contributed by atoms with E-state index in [2.05, 4.69) is 9.97 Å². The number of hydrogen-bond acceptors (Lipinski definition) is 3. The third kappa shape index (κ3) is 1.11. The highest BCUT2D eigenvalue weighted by Crippen LogP contribution is 2.09. The number of aromatic nitrogens is 3.